The molecule has 4 aliphatic carbocycles. The fraction of sp³-hybridized carbons (Fsp3) is 0.593. The van der Waals surface area contributed by atoms with Crippen molar-refractivity contribution in [2.45, 2.75) is 64.9 Å². The van der Waals surface area contributed by atoms with Gasteiger partial charge >= 0.3 is 0 Å². The zero-order chi connectivity index (χ0) is 20.4. The summed E-state index contributed by atoms with van der Waals surface area (Å²) >= 11 is 0. The Hall–Kier alpha value is -1.67. The minimum atomic E-state index is -0.209. The molecule has 0 aromatic heterocycles. The fourth-order valence-electron chi connectivity index (χ4n) is 7.77. The quantitative estimate of drug-likeness (QED) is 0.485. The van der Waals surface area contributed by atoms with E-state index in [1.165, 1.54) is 5.57 Å². The first-order valence-electron chi connectivity index (χ1n) is 11.5. The minimum absolute atomic E-state index is 0.163. The van der Waals surface area contributed by atoms with Gasteiger partial charge in [-0.1, -0.05) is 56.3 Å². The highest BCUT2D eigenvalue weighted by Crippen LogP contribution is 2.67. The number of aliphatic hydroxyl groups is 1. The first-order valence-corrected chi connectivity index (χ1v) is 11.5. The summed E-state index contributed by atoms with van der Waals surface area (Å²) < 4.78 is 0. The number of ketones is 1. The molecule has 4 saturated carbocycles. The summed E-state index contributed by atoms with van der Waals surface area (Å²) in [6, 6.07) is 10.3. The summed E-state index contributed by atoms with van der Waals surface area (Å²) in [5.74, 6) is 2.50. The normalized spacial score (nSPS) is 45.6. The number of fused-ring (bicyclic) bond motifs is 5. The standard InChI is InChI=1S/C27H34O2/c1-17-13-21-22(26(2)11-9-20(28)16-23(17)26)10-12-27(3)24(21)15-19(25(27)29)14-18-7-5-4-6-8-18/h4-8,14,20-24,28H,1,9-13,15-16H2,2-3H3/t20-,21-,22+,23-,24+,26-,27+/m0/s1. The van der Waals surface area contributed by atoms with Crippen LogP contribution in [-0.4, -0.2) is 17.0 Å². The maximum Gasteiger partial charge on any atom is 0.165 e. The molecule has 1 aromatic rings. The van der Waals surface area contributed by atoms with Crippen LogP contribution in [0.4, 0.5) is 0 Å². The Bertz CT molecular complexity index is 868. The molecule has 0 bridgehead atoms. The molecule has 0 heterocycles. The van der Waals surface area contributed by atoms with Crippen molar-refractivity contribution in [3.63, 3.8) is 0 Å². The molecule has 4 fully saturated rings. The van der Waals surface area contributed by atoms with Gasteiger partial charge in [0.05, 0.1) is 6.10 Å². The summed E-state index contributed by atoms with van der Waals surface area (Å²) in [7, 11) is 0. The molecule has 29 heavy (non-hydrogen) atoms. The van der Waals surface area contributed by atoms with E-state index >= 15 is 0 Å². The van der Waals surface area contributed by atoms with Crippen molar-refractivity contribution >= 4 is 11.9 Å². The lowest BCUT2D eigenvalue weighted by molar-refractivity contribution is -0.135. The number of benzene rings is 1. The lowest BCUT2D eigenvalue weighted by Crippen LogP contribution is -2.54. The molecular formula is C27H34O2. The maximum absolute atomic E-state index is 13.5. The highest BCUT2D eigenvalue weighted by molar-refractivity contribution is 6.05. The second-order valence-electron chi connectivity index (χ2n) is 10.8. The minimum Gasteiger partial charge on any atom is -0.393 e. The van der Waals surface area contributed by atoms with Crippen molar-refractivity contribution < 1.29 is 9.90 Å². The second kappa shape index (κ2) is 6.67. The van der Waals surface area contributed by atoms with Crippen LogP contribution < -0.4 is 0 Å². The molecule has 1 aromatic carbocycles. The van der Waals surface area contributed by atoms with Gasteiger partial charge in [0.2, 0.25) is 0 Å². The summed E-state index contributed by atoms with van der Waals surface area (Å²) in [6.07, 6.45) is 9.01. The van der Waals surface area contributed by atoms with E-state index in [2.05, 4.69) is 38.6 Å². The largest absolute Gasteiger partial charge is 0.393 e. The first-order chi connectivity index (χ1) is 13.8. The first kappa shape index (κ1) is 19.3. The molecule has 2 heteroatoms. The van der Waals surface area contributed by atoms with Crippen LogP contribution in [0.5, 0.6) is 0 Å². The van der Waals surface area contributed by atoms with Crippen molar-refractivity contribution in [3.05, 3.63) is 53.6 Å². The molecule has 0 aliphatic heterocycles. The van der Waals surface area contributed by atoms with Gasteiger partial charge in [-0.3, -0.25) is 4.79 Å². The van der Waals surface area contributed by atoms with Crippen LogP contribution in [-0.2, 0) is 4.79 Å². The van der Waals surface area contributed by atoms with E-state index in [0.717, 1.165) is 56.1 Å². The molecule has 154 valence electrons. The van der Waals surface area contributed by atoms with Gasteiger partial charge in [0, 0.05) is 5.41 Å². The second-order valence-corrected chi connectivity index (χ2v) is 10.8. The third-order valence-corrected chi connectivity index (χ3v) is 9.38. The average Bonchev–Trinajstić information content (AvgIpc) is 2.95. The van der Waals surface area contributed by atoms with E-state index in [4.69, 9.17) is 0 Å². The van der Waals surface area contributed by atoms with Crippen LogP contribution in [0.3, 0.4) is 0 Å². The van der Waals surface area contributed by atoms with Crippen LogP contribution in [0.2, 0.25) is 0 Å². The Morgan fingerprint density at radius 1 is 1.07 bits per heavy atom. The highest BCUT2D eigenvalue weighted by atomic mass is 16.3. The topological polar surface area (TPSA) is 37.3 Å². The van der Waals surface area contributed by atoms with E-state index in [0.29, 0.717) is 29.5 Å². The summed E-state index contributed by atoms with van der Waals surface area (Å²) in [6.45, 7) is 9.21. The molecule has 0 radical (unpaired) electrons. The zero-order valence-corrected chi connectivity index (χ0v) is 17.9. The van der Waals surface area contributed by atoms with Crippen molar-refractivity contribution in [2.75, 3.05) is 0 Å². The number of hydrogen-bond donors (Lipinski definition) is 1. The fourth-order valence-corrected chi connectivity index (χ4v) is 7.77. The van der Waals surface area contributed by atoms with Gasteiger partial charge in [-0.05, 0) is 91.2 Å². The smallest absolute Gasteiger partial charge is 0.165 e. The molecule has 0 unspecified atom stereocenters. The maximum atomic E-state index is 13.5. The van der Waals surface area contributed by atoms with Crippen LogP contribution >= 0.6 is 0 Å². The lowest BCUT2D eigenvalue weighted by Gasteiger charge is -2.60. The van der Waals surface area contributed by atoms with E-state index < -0.39 is 0 Å². The predicted molar refractivity (Wildman–Crippen MR) is 117 cm³/mol. The Labute approximate surface area is 175 Å². The van der Waals surface area contributed by atoms with Gasteiger partial charge < -0.3 is 5.11 Å². The van der Waals surface area contributed by atoms with E-state index in [1.807, 2.05) is 18.2 Å². The number of Topliss-reactive ketones (excluding diaryl/α,β-unsaturated/α-hetero) is 1. The van der Waals surface area contributed by atoms with Crippen molar-refractivity contribution in [1.82, 2.24) is 0 Å². The Kier molecular flexibility index (Phi) is 4.44. The summed E-state index contributed by atoms with van der Waals surface area (Å²) in [5.41, 5.74) is 3.54. The number of allylic oxidation sites excluding steroid dienone is 2. The van der Waals surface area contributed by atoms with Gasteiger partial charge in [0.15, 0.2) is 5.78 Å². The van der Waals surface area contributed by atoms with Gasteiger partial charge in [-0.25, -0.2) is 0 Å². The molecule has 0 saturated heterocycles. The number of rotatable bonds is 1. The van der Waals surface area contributed by atoms with Gasteiger partial charge in [0.25, 0.3) is 0 Å². The van der Waals surface area contributed by atoms with Gasteiger partial charge in [0.1, 0.15) is 0 Å². The van der Waals surface area contributed by atoms with Gasteiger partial charge in [-0.15, -0.1) is 0 Å². The summed E-state index contributed by atoms with van der Waals surface area (Å²) in [4.78, 5) is 13.5. The van der Waals surface area contributed by atoms with Crippen LogP contribution in [0.25, 0.3) is 6.08 Å². The molecule has 2 nitrogen and oxygen atoms in total. The Balaban J connectivity index is 1.49. The SMILES string of the molecule is C=C1C[C@H]2[C@@H](CC[C@@]3(C)C(=O)C(=Cc4ccccc4)C[C@H]23)[C@]2(C)CC[C@H](O)C[C@@H]12. The third-order valence-electron chi connectivity index (χ3n) is 9.38. The van der Waals surface area contributed by atoms with Crippen molar-refractivity contribution in [3.8, 4) is 0 Å². The highest BCUT2D eigenvalue weighted by Gasteiger charge is 2.61. The van der Waals surface area contributed by atoms with E-state index in [1.54, 1.807) is 0 Å². The monoisotopic (exact) mass is 390 g/mol. The zero-order valence-electron chi connectivity index (χ0n) is 17.9. The van der Waals surface area contributed by atoms with Crippen LogP contribution in [0, 0.1) is 34.5 Å². The Morgan fingerprint density at radius 3 is 2.59 bits per heavy atom. The Morgan fingerprint density at radius 2 is 1.83 bits per heavy atom. The summed E-state index contributed by atoms with van der Waals surface area (Å²) in [5, 5.41) is 10.3. The average molecular weight is 391 g/mol. The lowest BCUT2D eigenvalue weighted by atomic mass is 9.44. The number of carbonyl (C=O) groups excluding carboxylic acids is 1. The van der Waals surface area contributed by atoms with Gasteiger partial charge in [-0.2, -0.15) is 0 Å². The van der Waals surface area contributed by atoms with E-state index in [9.17, 15) is 9.90 Å². The van der Waals surface area contributed by atoms with Crippen molar-refractivity contribution in [1.29, 1.82) is 0 Å². The molecule has 4 aliphatic rings. The molecule has 7 atom stereocenters. The molecule has 0 amide bonds. The van der Waals surface area contributed by atoms with Crippen LogP contribution in [0.1, 0.15) is 64.4 Å². The van der Waals surface area contributed by atoms with Crippen LogP contribution in [0.15, 0.2) is 48.1 Å². The molecule has 0 spiro atoms. The molecule has 5 rings (SSSR count). The number of aliphatic hydroxyl groups excluding tert-OH is 1. The molecule has 1 N–H and O–H groups in total. The van der Waals surface area contributed by atoms with Crippen molar-refractivity contribution in [2.24, 2.45) is 34.5 Å². The molecular weight excluding hydrogens is 356 g/mol. The number of hydrogen-bond acceptors (Lipinski definition) is 2. The predicted octanol–water partition coefficient (Wildman–Crippen LogP) is 5.82. The van der Waals surface area contributed by atoms with E-state index in [-0.39, 0.29) is 16.9 Å². The third kappa shape index (κ3) is 2.82. The number of carbonyl (C=O) groups is 1.